The lowest BCUT2D eigenvalue weighted by Crippen LogP contribution is -2.28. The van der Waals surface area contributed by atoms with Gasteiger partial charge in [0.2, 0.25) is 5.95 Å². The highest BCUT2D eigenvalue weighted by Crippen LogP contribution is 2.32. The van der Waals surface area contributed by atoms with E-state index in [-0.39, 0.29) is 0 Å². The molecule has 1 aliphatic rings. The Morgan fingerprint density at radius 1 is 1.18 bits per heavy atom. The van der Waals surface area contributed by atoms with Crippen LogP contribution in [0.25, 0.3) is 22.3 Å². The van der Waals surface area contributed by atoms with Crippen LogP contribution in [0.15, 0.2) is 36.8 Å². The van der Waals surface area contributed by atoms with E-state index in [0.717, 1.165) is 65.5 Å². The lowest BCUT2D eigenvalue weighted by Gasteiger charge is -2.24. The first-order chi connectivity index (χ1) is 16.6. The molecule has 0 spiro atoms. The third-order valence-electron chi connectivity index (χ3n) is 5.75. The van der Waals surface area contributed by atoms with Crippen molar-refractivity contribution in [3.63, 3.8) is 0 Å². The Balaban J connectivity index is 1.46. The second-order valence-electron chi connectivity index (χ2n) is 8.31. The Kier molecular flexibility index (Phi) is 6.22. The van der Waals surface area contributed by atoms with Gasteiger partial charge >= 0.3 is 0 Å². The fraction of sp³-hybridized carbons (Fsp3) is 0.375. The molecule has 0 atom stereocenters. The van der Waals surface area contributed by atoms with Crippen LogP contribution >= 0.6 is 0 Å². The Morgan fingerprint density at radius 2 is 2.03 bits per heavy atom. The zero-order valence-electron chi connectivity index (χ0n) is 19.6. The largest absolute Gasteiger partial charge is 0.492 e. The maximum absolute atomic E-state index is 5.90. The Bertz CT molecular complexity index is 1300. The number of nitrogens with zero attached hydrogens (tertiary/aromatic N) is 6. The average molecular weight is 461 g/mol. The molecule has 0 bridgehead atoms. The first-order valence-corrected chi connectivity index (χ1v) is 11.5. The molecule has 4 aromatic rings. The van der Waals surface area contributed by atoms with Crippen LogP contribution in [0, 0.1) is 6.92 Å². The topological polar surface area (TPSA) is 112 Å². The van der Waals surface area contributed by atoms with Gasteiger partial charge in [0, 0.05) is 49.1 Å². The highest BCUT2D eigenvalue weighted by molar-refractivity contribution is 5.89. The molecule has 176 valence electrons. The van der Waals surface area contributed by atoms with Crippen molar-refractivity contribution >= 4 is 28.4 Å². The fourth-order valence-corrected chi connectivity index (χ4v) is 4.07. The van der Waals surface area contributed by atoms with Crippen LogP contribution in [0.2, 0.25) is 0 Å². The molecular formula is C24H28N8O2. The Labute approximate surface area is 197 Å². The smallest absolute Gasteiger partial charge is 0.227 e. The molecule has 1 aliphatic heterocycles. The van der Waals surface area contributed by atoms with Gasteiger partial charge in [0.1, 0.15) is 17.6 Å². The summed E-state index contributed by atoms with van der Waals surface area (Å²) in [5.41, 5.74) is 3.38. The lowest BCUT2D eigenvalue weighted by molar-refractivity contribution is 0.0904. The van der Waals surface area contributed by atoms with E-state index in [4.69, 9.17) is 19.4 Å². The van der Waals surface area contributed by atoms with Crippen molar-refractivity contribution in [1.82, 2.24) is 29.7 Å². The lowest BCUT2D eigenvalue weighted by atomic mass is 10.1. The minimum absolute atomic E-state index is 0.315. The number of hydrogen-bond donors (Lipinski definition) is 2. The van der Waals surface area contributed by atoms with Crippen molar-refractivity contribution in [3.8, 4) is 17.1 Å². The summed E-state index contributed by atoms with van der Waals surface area (Å²) < 4.78 is 13.3. The number of anilines is 3. The number of ether oxygens (including phenoxy) is 2. The van der Waals surface area contributed by atoms with E-state index in [9.17, 15) is 0 Å². The summed E-state index contributed by atoms with van der Waals surface area (Å²) in [5, 5.41) is 16.0. The molecule has 3 aromatic heterocycles. The molecule has 0 aliphatic carbocycles. The van der Waals surface area contributed by atoms with Gasteiger partial charge in [0.15, 0.2) is 11.6 Å². The van der Waals surface area contributed by atoms with Gasteiger partial charge in [-0.1, -0.05) is 0 Å². The van der Waals surface area contributed by atoms with Crippen LogP contribution in [0.1, 0.15) is 25.5 Å². The molecule has 5 rings (SSSR count). The molecule has 0 saturated carbocycles. The quantitative estimate of drug-likeness (QED) is 0.424. The molecule has 0 radical (unpaired) electrons. The van der Waals surface area contributed by atoms with Gasteiger partial charge in [0.05, 0.1) is 12.3 Å². The highest BCUT2D eigenvalue weighted by Gasteiger charge is 2.17. The van der Waals surface area contributed by atoms with Crippen molar-refractivity contribution in [1.29, 1.82) is 0 Å². The van der Waals surface area contributed by atoms with E-state index in [0.29, 0.717) is 24.3 Å². The number of aryl methyl sites for hydroxylation is 2. The van der Waals surface area contributed by atoms with E-state index in [2.05, 4.69) is 25.8 Å². The first kappa shape index (κ1) is 22.0. The number of fused-ring (bicyclic) bond motifs is 1. The van der Waals surface area contributed by atoms with Crippen LogP contribution in [-0.2, 0) is 11.8 Å². The Hall–Kier alpha value is -3.79. The van der Waals surface area contributed by atoms with Crippen LogP contribution in [-0.4, -0.2) is 55.6 Å². The molecule has 0 amide bonds. The molecule has 1 saturated heterocycles. The third-order valence-corrected chi connectivity index (χ3v) is 5.75. The standard InChI is InChI=1S/C24H28N8O2/c1-4-34-20-12-16(23-31-26-14-32(23)3)5-6-19(20)29-24-25-13-17-11-15(2)27-22(21(17)30-24)28-18-7-9-33-10-8-18/h5-6,11-14,18H,4,7-10H2,1-3H3,(H,27,28)(H,25,29,30). The van der Waals surface area contributed by atoms with Crippen LogP contribution < -0.4 is 15.4 Å². The zero-order valence-corrected chi connectivity index (χ0v) is 19.6. The normalized spacial score (nSPS) is 14.3. The second-order valence-corrected chi connectivity index (χ2v) is 8.31. The van der Waals surface area contributed by atoms with E-state index >= 15 is 0 Å². The summed E-state index contributed by atoms with van der Waals surface area (Å²) in [5.74, 6) is 2.70. The maximum Gasteiger partial charge on any atom is 0.227 e. The number of nitrogens with one attached hydrogen (secondary N) is 2. The van der Waals surface area contributed by atoms with Crippen LogP contribution in [0.5, 0.6) is 5.75 Å². The molecule has 34 heavy (non-hydrogen) atoms. The Morgan fingerprint density at radius 3 is 2.79 bits per heavy atom. The van der Waals surface area contributed by atoms with E-state index in [1.54, 1.807) is 6.33 Å². The summed E-state index contributed by atoms with van der Waals surface area (Å²) >= 11 is 0. The van der Waals surface area contributed by atoms with E-state index in [1.807, 2.05) is 55.9 Å². The predicted octanol–water partition coefficient (Wildman–Crippen LogP) is 3.86. The van der Waals surface area contributed by atoms with Gasteiger partial charge in [-0.05, 0) is 51.0 Å². The molecule has 2 N–H and O–H groups in total. The zero-order chi connectivity index (χ0) is 23.5. The summed E-state index contributed by atoms with van der Waals surface area (Å²) in [7, 11) is 1.91. The van der Waals surface area contributed by atoms with Crippen molar-refractivity contribution in [2.24, 2.45) is 7.05 Å². The van der Waals surface area contributed by atoms with Crippen LogP contribution in [0.3, 0.4) is 0 Å². The average Bonchev–Trinajstić information content (AvgIpc) is 3.27. The number of benzene rings is 1. The monoisotopic (exact) mass is 460 g/mol. The minimum Gasteiger partial charge on any atom is -0.492 e. The summed E-state index contributed by atoms with van der Waals surface area (Å²) in [4.78, 5) is 14.1. The summed E-state index contributed by atoms with van der Waals surface area (Å²) in [6, 6.07) is 8.17. The molecular weight excluding hydrogens is 432 g/mol. The summed E-state index contributed by atoms with van der Waals surface area (Å²) in [6.45, 7) is 5.97. The van der Waals surface area contributed by atoms with E-state index in [1.165, 1.54) is 0 Å². The van der Waals surface area contributed by atoms with Crippen molar-refractivity contribution in [2.75, 3.05) is 30.5 Å². The predicted molar refractivity (Wildman–Crippen MR) is 130 cm³/mol. The number of hydrogen-bond acceptors (Lipinski definition) is 9. The van der Waals surface area contributed by atoms with Gasteiger partial charge in [0.25, 0.3) is 0 Å². The van der Waals surface area contributed by atoms with Gasteiger partial charge in [-0.2, -0.15) is 0 Å². The molecule has 1 fully saturated rings. The molecule has 1 aromatic carbocycles. The van der Waals surface area contributed by atoms with Gasteiger partial charge in [-0.3, -0.25) is 0 Å². The van der Waals surface area contributed by atoms with Crippen molar-refractivity contribution < 1.29 is 9.47 Å². The second kappa shape index (κ2) is 9.60. The van der Waals surface area contributed by atoms with Gasteiger partial charge in [-0.15, -0.1) is 10.2 Å². The number of aromatic nitrogens is 6. The number of pyridine rings is 1. The maximum atomic E-state index is 5.90. The van der Waals surface area contributed by atoms with Gasteiger partial charge in [-0.25, -0.2) is 15.0 Å². The van der Waals surface area contributed by atoms with Crippen LogP contribution in [0.4, 0.5) is 17.5 Å². The number of rotatable bonds is 7. The molecule has 10 nitrogen and oxygen atoms in total. The third kappa shape index (κ3) is 4.62. The molecule has 10 heteroatoms. The SMILES string of the molecule is CCOc1cc(-c2nncn2C)ccc1Nc1ncc2cc(C)nc(NC3CCOCC3)c2n1. The molecule has 0 unspecified atom stereocenters. The summed E-state index contributed by atoms with van der Waals surface area (Å²) in [6.07, 6.45) is 5.39. The van der Waals surface area contributed by atoms with Crippen molar-refractivity contribution in [3.05, 3.63) is 42.5 Å². The van der Waals surface area contributed by atoms with E-state index < -0.39 is 0 Å². The molecule has 4 heterocycles. The van der Waals surface area contributed by atoms with Crippen molar-refractivity contribution in [2.45, 2.75) is 32.7 Å². The highest BCUT2D eigenvalue weighted by atomic mass is 16.5. The van der Waals surface area contributed by atoms with Gasteiger partial charge < -0.3 is 24.7 Å². The fourth-order valence-electron chi connectivity index (χ4n) is 4.07. The first-order valence-electron chi connectivity index (χ1n) is 11.5. The minimum atomic E-state index is 0.315.